The SMILES string of the molecule is CCn1ccnc1CN1CCN(c2nc3ccccc3o2)CC1. The van der Waals surface area contributed by atoms with Crippen LogP contribution in [0.3, 0.4) is 0 Å². The molecule has 4 rings (SSSR count). The van der Waals surface area contributed by atoms with Crippen LogP contribution in [0.1, 0.15) is 12.7 Å². The minimum atomic E-state index is 0.737. The molecule has 1 aliphatic rings. The van der Waals surface area contributed by atoms with Crippen LogP contribution in [0.4, 0.5) is 6.01 Å². The van der Waals surface area contributed by atoms with Crippen LogP contribution in [0, 0.1) is 0 Å². The van der Waals surface area contributed by atoms with Crippen molar-refractivity contribution in [2.24, 2.45) is 0 Å². The number of anilines is 1. The highest BCUT2D eigenvalue weighted by molar-refractivity contribution is 5.74. The summed E-state index contributed by atoms with van der Waals surface area (Å²) < 4.78 is 8.07. The minimum absolute atomic E-state index is 0.737. The molecule has 0 radical (unpaired) electrons. The molecule has 1 aromatic carbocycles. The minimum Gasteiger partial charge on any atom is -0.423 e. The molecular weight excluding hydrogens is 290 g/mol. The van der Waals surface area contributed by atoms with Gasteiger partial charge in [-0.15, -0.1) is 0 Å². The number of oxazole rings is 1. The van der Waals surface area contributed by atoms with Gasteiger partial charge in [-0.05, 0) is 19.1 Å². The first-order valence-electron chi connectivity index (χ1n) is 8.16. The van der Waals surface area contributed by atoms with Gasteiger partial charge in [-0.25, -0.2) is 4.98 Å². The molecular formula is C17H21N5O. The van der Waals surface area contributed by atoms with Crippen molar-refractivity contribution >= 4 is 17.1 Å². The Morgan fingerprint density at radius 3 is 2.74 bits per heavy atom. The number of fused-ring (bicyclic) bond motifs is 1. The fourth-order valence-electron chi connectivity index (χ4n) is 3.07. The average Bonchev–Trinajstić information content (AvgIpc) is 3.21. The number of hydrogen-bond donors (Lipinski definition) is 0. The zero-order chi connectivity index (χ0) is 15.6. The number of hydrogen-bond acceptors (Lipinski definition) is 5. The predicted molar refractivity (Wildman–Crippen MR) is 89.4 cm³/mol. The standard InChI is InChI=1S/C17H21N5O/c1-2-21-8-7-18-16(21)13-20-9-11-22(12-10-20)17-19-14-5-3-4-6-15(14)23-17/h3-8H,2,9-13H2,1H3. The van der Waals surface area contributed by atoms with Crippen LogP contribution >= 0.6 is 0 Å². The summed E-state index contributed by atoms with van der Waals surface area (Å²) in [6, 6.07) is 8.66. The van der Waals surface area contributed by atoms with Gasteiger partial charge in [-0.1, -0.05) is 12.1 Å². The maximum Gasteiger partial charge on any atom is 0.298 e. The first kappa shape index (κ1) is 14.3. The highest BCUT2D eigenvalue weighted by Crippen LogP contribution is 2.22. The molecule has 23 heavy (non-hydrogen) atoms. The van der Waals surface area contributed by atoms with E-state index in [1.165, 1.54) is 0 Å². The Bertz CT molecular complexity index is 752. The zero-order valence-corrected chi connectivity index (χ0v) is 13.4. The van der Waals surface area contributed by atoms with Crippen molar-refractivity contribution in [2.45, 2.75) is 20.0 Å². The molecule has 0 bridgehead atoms. The van der Waals surface area contributed by atoms with Gasteiger partial charge in [0.15, 0.2) is 5.58 Å². The van der Waals surface area contributed by atoms with Gasteiger partial charge in [0.1, 0.15) is 11.3 Å². The molecule has 0 amide bonds. The molecule has 3 heterocycles. The van der Waals surface area contributed by atoms with Crippen LogP contribution in [0.25, 0.3) is 11.1 Å². The number of para-hydroxylation sites is 2. The summed E-state index contributed by atoms with van der Waals surface area (Å²) in [4.78, 5) is 13.7. The second-order valence-corrected chi connectivity index (χ2v) is 5.86. The van der Waals surface area contributed by atoms with E-state index in [1.807, 2.05) is 36.7 Å². The Hall–Kier alpha value is -2.34. The van der Waals surface area contributed by atoms with E-state index in [0.29, 0.717) is 0 Å². The second kappa shape index (κ2) is 6.04. The van der Waals surface area contributed by atoms with E-state index in [0.717, 1.165) is 62.2 Å². The molecule has 120 valence electrons. The molecule has 0 unspecified atom stereocenters. The van der Waals surface area contributed by atoms with Crippen molar-refractivity contribution in [3.8, 4) is 0 Å². The Labute approximate surface area is 135 Å². The maximum atomic E-state index is 5.86. The number of aryl methyl sites for hydroxylation is 1. The molecule has 0 aliphatic carbocycles. The maximum absolute atomic E-state index is 5.86. The van der Waals surface area contributed by atoms with E-state index in [9.17, 15) is 0 Å². The van der Waals surface area contributed by atoms with Crippen LogP contribution in [-0.2, 0) is 13.1 Å². The lowest BCUT2D eigenvalue weighted by Crippen LogP contribution is -2.46. The number of nitrogens with zero attached hydrogens (tertiary/aromatic N) is 5. The van der Waals surface area contributed by atoms with E-state index in [1.54, 1.807) is 0 Å². The highest BCUT2D eigenvalue weighted by atomic mass is 16.4. The summed E-state index contributed by atoms with van der Waals surface area (Å²) in [6.45, 7) is 7.88. The summed E-state index contributed by atoms with van der Waals surface area (Å²) in [5.74, 6) is 1.14. The number of imidazole rings is 1. The van der Waals surface area contributed by atoms with Gasteiger partial charge in [0.2, 0.25) is 0 Å². The molecule has 2 aromatic heterocycles. The van der Waals surface area contributed by atoms with Gasteiger partial charge < -0.3 is 13.9 Å². The number of rotatable bonds is 4. The fraction of sp³-hybridized carbons (Fsp3) is 0.412. The smallest absolute Gasteiger partial charge is 0.298 e. The third kappa shape index (κ3) is 2.82. The molecule has 0 saturated carbocycles. The summed E-state index contributed by atoms with van der Waals surface area (Å²) >= 11 is 0. The van der Waals surface area contributed by atoms with Crippen molar-refractivity contribution in [3.05, 3.63) is 42.5 Å². The van der Waals surface area contributed by atoms with Crippen molar-refractivity contribution in [3.63, 3.8) is 0 Å². The van der Waals surface area contributed by atoms with E-state index >= 15 is 0 Å². The summed E-state index contributed by atoms with van der Waals surface area (Å²) in [5.41, 5.74) is 1.78. The average molecular weight is 311 g/mol. The van der Waals surface area contributed by atoms with E-state index in [-0.39, 0.29) is 0 Å². The molecule has 1 aliphatic heterocycles. The molecule has 6 nitrogen and oxygen atoms in total. The van der Waals surface area contributed by atoms with Gasteiger partial charge >= 0.3 is 0 Å². The largest absolute Gasteiger partial charge is 0.423 e. The lowest BCUT2D eigenvalue weighted by molar-refractivity contribution is 0.237. The van der Waals surface area contributed by atoms with Gasteiger partial charge in [-0.2, -0.15) is 4.98 Å². The van der Waals surface area contributed by atoms with E-state index in [4.69, 9.17) is 4.42 Å². The quantitative estimate of drug-likeness (QED) is 0.740. The van der Waals surface area contributed by atoms with Crippen LogP contribution in [0.2, 0.25) is 0 Å². The Morgan fingerprint density at radius 2 is 1.96 bits per heavy atom. The third-order valence-electron chi connectivity index (χ3n) is 4.43. The summed E-state index contributed by atoms with van der Waals surface area (Å²) in [6.07, 6.45) is 3.93. The van der Waals surface area contributed by atoms with Crippen molar-refractivity contribution in [2.75, 3.05) is 31.1 Å². The normalized spacial score (nSPS) is 16.3. The van der Waals surface area contributed by atoms with Crippen molar-refractivity contribution < 1.29 is 4.42 Å². The van der Waals surface area contributed by atoms with Crippen LogP contribution in [-0.4, -0.2) is 45.6 Å². The molecule has 1 fully saturated rings. The number of piperazine rings is 1. The zero-order valence-electron chi connectivity index (χ0n) is 13.4. The molecule has 6 heteroatoms. The van der Waals surface area contributed by atoms with Gasteiger partial charge in [0.05, 0.1) is 6.54 Å². The van der Waals surface area contributed by atoms with Crippen LogP contribution in [0.15, 0.2) is 41.1 Å². The Balaban J connectivity index is 1.40. The summed E-state index contributed by atoms with van der Waals surface area (Å²) in [7, 11) is 0. The lowest BCUT2D eigenvalue weighted by Gasteiger charge is -2.33. The van der Waals surface area contributed by atoms with Crippen LogP contribution in [0.5, 0.6) is 0 Å². The first-order valence-corrected chi connectivity index (χ1v) is 8.16. The molecule has 1 saturated heterocycles. The van der Waals surface area contributed by atoms with Gasteiger partial charge in [-0.3, -0.25) is 4.90 Å². The molecule has 3 aromatic rings. The first-order chi connectivity index (χ1) is 11.3. The van der Waals surface area contributed by atoms with Gasteiger partial charge in [0.25, 0.3) is 6.01 Å². The fourth-order valence-corrected chi connectivity index (χ4v) is 3.07. The molecule has 0 atom stereocenters. The van der Waals surface area contributed by atoms with E-state index < -0.39 is 0 Å². The molecule has 0 spiro atoms. The topological polar surface area (TPSA) is 50.3 Å². The third-order valence-corrected chi connectivity index (χ3v) is 4.43. The predicted octanol–water partition coefficient (Wildman–Crippen LogP) is 2.37. The number of aromatic nitrogens is 3. The van der Waals surface area contributed by atoms with Gasteiger partial charge in [0, 0.05) is 45.1 Å². The Morgan fingerprint density at radius 1 is 1.13 bits per heavy atom. The number of benzene rings is 1. The Kier molecular flexibility index (Phi) is 3.75. The highest BCUT2D eigenvalue weighted by Gasteiger charge is 2.21. The van der Waals surface area contributed by atoms with Crippen molar-refractivity contribution in [1.82, 2.24) is 19.4 Å². The second-order valence-electron chi connectivity index (χ2n) is 5.86. The molecule has 0 N–H and O–H groups in total. The van der Waals surface area contributed by atoms with Crippen LogP contribution < -0.4 is 4.90 Å². The lowest BCUT2D eigenvalue weighted by atomic mass is 10.3. The summed E-state index contributed by atoms with van der Waals surface area (Å²) in [5, 5.41) is 0. The van der Waals surface area contributed by atoms with Crippen molar-refractivity contribution in [1.29, 1.82) is 0 Å². The monoisotopic (exact) mass is 311 g/mol. The van der Waals surface area contributed by atoms with E-state index in [2.05, 4.69) is 31.3 Å².